The number of carbonyl (C=O) groups excluding carboxylic acids is 1. The third-order valence-corrected chi connectivity index (χ3v) is 3.25. The summed E-state index contributed by atoms with van der Waals surface area (Å²) in [4.78, 5) is 11.1. The van der Waals surface area contributed by atoms with Gasteiger partial charge in [0.2, 0.25) is 0 Å². The van der Waals surface area contributed by atoms with Crippen molar-refractivity contribution in [2.45, 2.75) is 34.1 Å². The SMILES string of the molecule is CC(=O)Cc1c(C)c(C)c(O)c(Cl)c1C. The molecule has 0 aliphatic rings. The zero-order valence-electron chi connectivity index (χ0n) is 9.44. The maximum absolute atomic E-state index is 11.1. The van der Waals surface area contributed by atoms with E-state index < -0.39 is 0 Å². The summed E-state index contributed by atoms with van der Waals surface area (Å²) in [6.45, 7) is 7.08. The predicted molar refractivity (Wildman–Crippen MR) is 61.7 cm³/mol. The van der Waals surface area contributed by atoms with Crippen LogP contribution >= 0.6 is 11.6 Å². The first-order valence-electron chi connectivity index (χ1n) is 4.82. The monoisotopic (exact) mass is 226 g/mol. The Morgan fingerprint density at radius 3 is 2.20 bits per heavy atom. The molecule has 1 aromatic carbocycles. The van der Waals surface area contributed by atoms with E-state index in [0.717, 1.165) is 22.3 Å². The molecule has 15 heavy (non-hydrogen) atoms. The predicted octanol–water partition coefficient (Wildman–Crippen LogP) is 3.10. The van der Waals surface area contributed by atoms with Gasteiger partial charge in [-0.15, -0.1) is 0 Å². The highest BCUT2D eigenvalue weighted by Crippen LogP contribution is 2.35. The second-order valence-corrected chi connectivity index (χ2v) is 4.27. The number of phenolic OH excluding ortho intramolecular Hbond substituents is 1. The Labute approximate surface area is 94.9 Å². The normalized spacial score (nSPS) is 10.5. The zero-order chi connectivity index (χ0) is 11.7. The number of benzene rings is 1. The second kappa shape index (κ2) is 4.23. The van der Waals surface area contributed by atoms with E-state index in [0.29, 0.717) is 11.4 Å². The molecular weight excluding hydrogens is 212 g/mol. The molecule has 0 heterocycles. The van der Waals surface area contributed by atoms with E-state index in [4.69, 9.17) is 11.6 Å². The molecule has 3 heteroatoms. The Kier molecular flexibility index (Phi) is 3.40. The molecule has 0 radical (unpaired) electrons. The fraction of sp³-hybridized carbons (Fsp3) is 0.417. The van der Waals surface area contributed by atoms with Crippen molar-refractivity contribution in [1.29, 1.82) is 0 Å². The number of hydrogen-bond donors (Lipinski definition) is 1. The lowest BCUT2D eigenvalue weighted by Crippen LogP contribution is -2.04. The number of phenols is 1. The van der Waals surface area contributed by atoms with Crippen molar-refractivity contribution in [1.82, 2.24) is 0 Å². The number of carbonyl (C=O) groups is 1. The van der Waals surface area contributed by atoms with Gasteiger partial charge in [0.25, 0.3) is 0 Å². The van der Waals surface area contributed by atoms with E-state index in [1.54, 1.807) is 13.8 Å². The lowest BCUT2D eigenvalue weighted by molar-refractivity contribution is -0.116. The number of hydrogen-bond acceptors (Lipinski definition) is 2. The van der Waals surface area contributed by atoms with E-state index in [2.05, 4.69) is 0 Å². The van der Waals surface area contributed by atoms with Gasteiger partial charge in [-0.1, -0.05) is 11.6 Å². The Morgan fingerprint density at radius 1 is 1.20 bits per heavy atom. The minimum absolute atomic E-state index is 0.0994. The quantitative estimate of drug-likeness (QED) is 0.842. The molecule has 1 N–H and O–H groups in total. The van der Waals surface area contributed by atoms with Gasteiger partial charge in [0.1, 0.15) is 11.5 Å². The summed E-state index contributed by atoms with van der Waals surface area (Å²) in [6, 6.07) is 0. The molecule has 82 valence electrons. The first-order chi connectivity index (χ1) is 6.86. The summed E-state index contributed by atoms with van der Waals surface area (Å²) in [6.07, 6.45) is 0.374. The average Bonchev–Trinajstić information content (AvgIpc) is 2.18. The minimum Gasteiger partial charge on any atom is -0.506 e. The summed E-state index contributed by atoms with van der Waals surface area (Å²) in [7, 11) is 0. The number of ketones is 1. The molecule has 0 saturated carbocycles. The molecule has 1 rings (SSSR count). The molecule has 2 nitrogen and oxygen atoms in total. The van der Waals surface area contributed by atoms with E-state index >= 15 is 0 Å². The third kappa shape index (κ3) is 2.15. The fourth-order valence-corrected chi connectivity index (χ4v) is 1.93. The van der Waals surface area contributed by atoms with E-state index in [1.165, 1.54) is 0 Å². The molecule has 0 atom stereocenters. The maximum Gasteiger partial charge on any atom is 0.137 e. The van der Waals surface area contributed by atoms with Gasteiger partial charge in [0.05, 0.1) is 5.02 Å². The molecular formula is C12H15ClO2. The molecule has 0 unspecified atom stereocenters. The largest absolute Gasteiger partial charge is 0.506 e. The van der Waals surface area contributed by atoms with Gasteiger partial charge in [0.15, 0.2) is 0 Å². The van der Waals surface area contributed by atoms with Crippen molar-refractivity contribution in [2.75, 3.05) is 0 Å². The Balaban J connectivity index is 3.45. The Hall–Kier alpha value is -1.02. The first-order valence-corrected chi connectivity index (χ1v) is 5.20. The van der Waals surface area contributed by atoms with E-state index in [1.807, 2.05) is 13.8 Å². The highest BCUT2D eigenvalue weighted by Gasteiger charge is 2.16. The summed E-state index contributed by atoms with van der Waals surface area (Å²) in [5, 5.41) is 10.1. The molecule has 0 fully saturated rings. The van der Waals surface area contributed by atoms with Crippen molar-refractivity contribution in [2.24, 2.45) is 0 Å². The van der Waals surface area contributed by atoms with Crippen molar-refractivity contribution >= 4 is 17.4 Å². The van der Waals surface area contributed by atoms with Crippen molar-refractivity contribution < 1.29 is 9.90 Å². The van der Waals surface area contributed by atoms with Crippen LogP contribution in [-0.2, 0) is 11.2 Å². The van der Waals surface area contributed by atoms with Crippen LogP contribution in [0.25, 0.3) is 0 Å². The van der Waals surface area contributed by atoms with Gasteiger partial charge in [0, 0.05) is 6.42 Å². The van der Waals surface area contributed by atoms with Gasteiger partial charge in [-0.2, -0.15) is 0 Å². The standard InChI is InChI=1S/C12H15ClO2/c1-6(14)5-10-7(2)8(3)12(15)11(13)9(10)4/h15H,5H2,1-4H3. The summed E-state index contributed by atoms with van der Waals surface area (Å²) < 4.78 is 0. The zero-order valence-corrected chi connectivity index (χ0v) is 10.2. The smallest absolute Gasteiger partial charge is 0.137 e. The summed E-state index contributed by atoms with van der Waals surface area (Å²) in [5.41, 5.74) is 3.43. The number of Topliss-reactive ketones (excluding diaryl/α,β-unsaturated/α-hetero) is 1. The van der Waals surface area contributed by atoms with Crippen LogP contribution in [-0.4, -0.2) is 10.9 Å². The number of rotatable bonds is 2. The van der Waals surface area contributed by atoms with Gasteiger partial charge in [-0.3, -0.25) is 4.79 Å². The highest BCUT2D eigenvalue weighted by molar-refractivity contribution is 6.33. The van der Waals surface area contributed by atoms with Crippen molar-refractivity contribution in [3.63, 3.8) is 0 Å². The minimum atomic E-state index is 0.0994. The molecule has 0 saturated heterocycles. The van der Waals surface area contributed by atoms with Crippen molar-refractivity contribution in [3.05, 3.63) is 27.3 Å². The lowest BCUT2D eigenvalue weighted by atomic mass is 9.94. The maximum atomic E-state index is 11.1. The van der Waals surface area contributed by atoms with Crippen LogP contribution in [0.3, 0.4) is 0 Å². The average molecular weight is 227 g/mol. The van der Waals surface area contributed by atoms with Crippen LogP contribution in [0.15, 0.2) is 0 Å². The van der Waals surface area contributed by atoms with Crippen LogP contribution in [0.1, 0.15) is 29.2 Å². The summed E-state index contributed by atoms with van der Waals surface area (Å²) >= 11 is 5.98. The van der Waals surface area contributed by atoms with Crippen LogP contribution in [0, 0.1) is 20.8 Å². The van der Waals surface area contributed by atoms with Crippen molar-refractivity contribution in [3.8, 4) is 5.75 Å². The molecule has 0 amide bonds. The van der Waals surface area contributed by atoms with Gasteiger partial charge in [-0.25, -0.2) is 0 Å². The van der Waals surface area contributed by atoms with E-state index in [9.17, 15) is 9.90 Å². The molecule has 0 bridgehead atoms. The molecule has 0 aliphatic heterocycles. The second-order valence-electron chi connectivity index (χ2n) is 3.89. The number of aromatic hydroxyl groups is 1. The molecule has 1 aromatic rings. The number of halogens is 1. The van der Waals surface area contributed by atoms with Crippen LogP contribution in [0.5, 0.6) is 5.75 Å². The topological polar surface area (TPSA) is 37.3 Å². The van der Waals surface area contributed by atoms with Gasteiger partial charge < -0.3 is 5.11 Å². The van der Waals surface area contributed by atoms with Gasteiger partial charge in [-0.05, 0) is 49.9 Å². The third-order valence-electron chi connectivity index (χ3n) is 2.79. The first kappa shape index (κ1) is 12.1. The molecule has 0 aliphatic carbocycles. The highest BCUT2D eigenvalue weighted by atomic mass is 35.5. The Bertz CT molecular complexity index is 393. The van der Waals surface area contributed by atoms with Crippen LogP contribution < -0.4 is 0 Å². The fourth-order valence-electron chi connectivity index (χ4n) is 1.67. The summed E-state index contributed by atoms with van der Waals surface area (Å²) in [5.74, 6) is 0.223. The lowest BCUT2D eigenvalue weighted by Gasteiger charge is -2.15. The Morgan fingerprint density at radius 2 is 1.73 bits per heavy atom. The van der Waals surface area contributed by atoms with Gasteiger partial charge >= 0.3 is 0 Å². The molecule has 0 spiro atoms. The van der Waals surface area contributed by atoms with Crippen LogP contribution in [0.2, 0.25) is 5.02 Å². The molecule has 0 aromatic heterocycles. The van der Waals surface area contributed by atoms with Crippen LogP contribution in [0.4, 0.5) is 0 Å². The van der Waals surface area contributed by atoms with E-state index in [-0.39, 0.29) is 11.5 Å².